The number of rotatable bonds is 6. The molecule has 10 nitrogen and oxygen atoms in total. The molecule has 0 aliphatic carbocycles. The number of nitrogens with zero attached hydrogens (tertiary/aromatic N) is 6. The standard InChI is InChI=1S/C33H39ClF2N6O4/c1-19-7-8-25(35)23(16-37)26(19)27-24(34)15-22-29(28(27)36)38-31(45-14-11-40-9-12-44-13-10-40)39-30(22)41-17-21(3)42(18-20(41)2)32(43)46-33(4,5)6/h7-8,15,20-21H,9-14,17-18H2,1-6H3. The Morgan fingerprint density at radius 3 is 2.52 bits per heavy atom. The van der Waals surface area contributed by atoms with Crippen LogP contribution >= 0.6 is 11.6 Å². The Labute approximate surface area is 272 Å². The molecule has 1 aromatic heterocycles. The third-order valence-electron chi connectivity index (χ3n) is 8.20. The number of piperazine rings is 1. The number of hydrogen-bond donors (Lipinski definition) is 0. The van der Waals surface area contributed by atoms with Crippen molar-refractivity contribution in [1.82, 2.24) is 19.8 Å². The van der Waals surface area contributed by atoms with E-state index in [1.54, 1.807) is 17.9 Å². The normalized spacial score (nSPS) is 19.3. The zero-order valence-electron chi connectivity index (χ0n) is 27.0. The SMILES string of the molecule is Cc1ccc(F)c(C#N)c1-c1c(Cl)cc2c(N3CC(C)N(C(=O)OC(C)(C)C)CC3C)nc(OCCN3CCOCC3)nc2c1F. The number of benzene rings is 2. The lowest BCUT2D eigenvalue weighted by molar-refractivity contribution is 0.0129. The minimum atomic E-state index is -0.817. The number of nitriles is 1. The fourth-order valence-corrected chi connectivity index (χ4v) is 6.16. The van der Waals surface area contributed by atoms with Gasteiger partial charge in [0.15, 0.2) is 5.82 Å². The fraction of sp³-hybridized carbons (Fsp3) is 0.515. The van der Waals surface area contributed by atoms with Gasteiger partial charge in [0.2, 0.25) is 0 Å². The molecule has 13 heteroatoms. The molecule has 3 heterocycles. The van der Waals surface area contributed by atoms with Crippen LogP contribution in [0.4, 0.5) is 19.4 Å². The highest BCUT2D eigenvalue weighted by molar-refractivity contribution is 6.34. The van der Waals surface area contributed by atoms with Crippen LogP contribution in [0, 0.1) is 29.9 Å². The second kappa shape index (κ2) is 13.5. The van der Waals surface area contributed by atoms with Gasteiger partial charge in [-0.15, -0.1) is 0 Å². The molecule has 5 rings (SSSR count). The van der Waals surface area contributed by atoms with Crippen molar-refractivity contribution >= 4 is 34.4 Å². The molecule has 2 aromatic carbocycles. The molecule has 2 aliphatic heterocycles. The Morgan fingerprint density at radius 1 is 1.13 bits per heavy atom. The molecule has 2 saturated heterocycles. The quantitative estimate of drug-likeness (QED) is 0.318. The number of hydrogen-bond acceptors (Lipinski definition) is 9. The minimum Gasteiger partial charge on any atom is -0.462 e. The van der Waals surface area contributed by atoms with E-state index >= 15 is 4.39 Å². The van der Waals surface area contributed by atoms with Crippen LogP contribution in [0.1, 0.15) is 45.7 Å². The number of ether oxygens (including phenoxy) is 3. The number of carbonyl (C=O) groups is 1. The van der Waals surface area contributed by atoms with Gasteiger partial charge < -0.3 is 24.0 Å². The van der Waals surface area contributed by atoms with Crippen LogP contribution in [0.3, 0.4) is 0 Å². The van der Waals surface area contributed by atoms with Crippen molar-refractivity contribution in [3.63, 3.8) is 0 Å². The van der Waals surface area contributed by atoms with Crippen LogP contribution in [0.5, 0.6) is 6.01 Å². The fourth-order valence-electron chi connectivity index (χ4n) is 5.87. The molecular formula is C33H39ClF2N6O4. The molecule has 2 atom stereocenters. The molecule has 0 spiro atoms. The summed E-state index contributed by atoms with van der Waals surface area (Å²) >= 11 is 6.75. The number of aryl methyl sites for hydroxylation is 1. The minimum absolute atomic E-state index is 0.0193. The molecule has 1 amide bonds. The summed E-state index contributed by atoms with van der Waals surface area (Å²) in [5, 5.41) is 10.1. The molecule has 2 aliphatic rings. The van der Waals surface area contributed by atoms with E-state index in [1.165, 1.54) is 12.1 Å². The summed E-state index contributed by atoms with van der Waals surface area (Å²) in [5.41, 5.74) is -0.608. The smallest absolute Gasteiger partial charge is 0.410 e. The predicted molar refractivity (Wildman–Crippen MR) is 171 cm³/mol. The topological polar surface area (TPSA) is 104 Å². The molecule has 0 saturated carbocycles. The van der Waals surface area contributed by atoms with Gasteiger partial charge in [-0.05, 0) is 59.2 Å². The Balaban J connectivity index is 1.59. The van der Waals surface area contributed by atoms with E-state index in [0.717, 1.165) is 13.1 Å². The summed E-state index contributed by atoms with van der Waals surface area (Å²) in [6, 6.07) is 5.50. The molecule has 0 N–H and O–H groups in total. The van der Waals surface area contributed by atoms with Crippen molar-refractivity contribution in [3.8, 4) is 23.2 Å². The van der Waals surface area contributed by atoms with Crippen LogP contribution in [-0.4, -0.2) is 96.1 Å². The first kappa shape index (κ1) is 33.6. The van der Waals surface area contributed by atoms with Gasteiger partial charge in [-0.3, -0.25) is 4.90 Å². The van der Waals surface area contributed by atoms with Crippen LogP contribution in [-0.2, 0) is 9.47 Å². The van der Waals surface area contributed by atoms with Gasteiger partial charge in [0, 0.05) is 61.3 Å². The van der Waals surface area contributed by atoms with Crippen LogP contribution in [0.2, 0.25) is 5.02 Å². The van der Waals surface area contributed by atoms with E-state index in [9.17, 15) is 14.4 Å². The predicted octanol–water partition coefficient (Wildman–Crippen LogP) is 5.95. The molecule has 246 valence electrons. The van der Waals surface area contributed by atoms with Gasteiger partial charge in [0.1, 0.15) is 35.4 Å². The van der Waals surface area contributed by atoms with Crippen molar-refractivity contribution in [2.75, 3.05) is 57.4 Å². The van der Waals surface area contributed by atoms with Gasteiger partial charge in [-0.25, -0.2) is 13.6 Å². The molecule has 0 radical (unpaired) electrons. The van der Waals surface area contributed by atoms with Gasteiger partial charge >= 0.3 is 12.1 Å². The van der Waals surface area contributed by atoms with Gasteiger partial charge in [0.05, 0.1) is 23.8 Å². The van der Waals surface area contributed by atoms with E-state index in [1.807, 2.05) is 45.6 Å². The number of carbonyl (C=O) groups excluding carboxylic acids is 1. The molecule has 2 unspecified atom stereocenters. The zero-order valence-corrected chi connectivity index (χ0v) is 27.7. The lowest BCUT2D eigenvalue weighted by atomic mass is 9.93. The van der Waals surface area contributed by atoms with Gasteiger partial charge in [-0.1, -0.05) is 17.7 Å². The number of morpholine rings is 1. The first-order valence-corrected chi connectivity index (χ1v) is 15.7. The van der Waals surface area contributed by atoms with E-state index in [0.29, 0.717) is 49.6 Å². The van der Waals surface area contributed by atoms with Crippen LogP contribution < -0.4 is 9.64 Å². The third-order valence-corrected chi connectivity index (χ3v) is 8.49. The van der Waals surface area contributed by atoms with Gasteiger partial charge in [-0.2, -0.15) is 15.2 Å². The largest absolute Gasteiger partial charge is 0.462 e. The van der Waals surface area contributed by atoms with Gasteiger partial charge in [0.25, 0.3) is 0 Å². The maximum atomic E-state index is 16.7. The Bertz CT molecular complexity index is 1670. The Kier molecular flexibility index (Phi) is 9.86. The third kappa shape index (κ3) is 6.97. The van der Waals surface area contributed by atoms with Crippen molar-refractivity contribution < 1.29 is 27.8 Å². The highest BCUT2D eigenvalue weighted by Gasteiger charge is 2.36. The number of halogens is 3. The lowest BCUT2D eigenvalue weighted by Gasteiger charge is -2.45. The van der Waals surface area contributed by atoms with E-state index in [2.05, 4.69) is 9.88 Å². The summed E-state index contributed by atoms with van der Waals surface area (Å²) in [6.45, 7) is 15.4. The van der Waals surface area contributed by atoms with Crippen molar-refractivity contribution in [1.29, 1.82) is 5.26 Å². The zero-order chi connectivity index (χ0) is 33.3. The maximum Gasteiger partial charge on any atom is 0.410 e. The number of fused-ring (bicyclic) bond motifs is 1. The van der Waals surface area contributed by atoms with Crippen molar-refractivity contribution in [2.24, 2.45) is 0 Å². The Morgan fingerprint density at radius 2 is 1.85 bits per heavy atom. The highest BCUT2D eigenvalue weighted by atomic mass is 35.5. The van der Waals surface area contributed by atoms with E-state index in [-0.39, 0.29) is 51.9 Å². The number of aromatic nitrogens is 2. The van der Waals surface area contributed by atoms with E-state index in [4.69, 9.17) is 30.8 Å². The summed E-state index contributed by atoms with van der Waals surface area (Å²) < 4.78 is 48.5. The highest BCUT2D eigenvalue weighted by Crippen LogP contribution is 2.42. The maximum absolute atomic E-state index is 16.7. The summed E-state index contributed by atoms with van der Waals surface area (Å²) in [4.78, 5) is 28.1. The summed E-state index contributed by atoms with van der Waals surface area (Å²) in [6.07, 6.45) is -0.413. The molecule has 0 bridgehead atoms. The second-order valence-corrected chi connectivity index (χ2v) is 13.2. The molecule has 2 fully saturated rings. The molecular weight excluding hydrogens is 618 g/mol. The second-order valence-electron chi connectivity index (χ2n) is 12.8. The van der Waals surface area contributed by atoms with Crippen molar-refractivity contribution in [3.05, 3.63) is 46.0 Å². The Hall–Kier alpha value is -3.79. The van der Waals surface area contributed by atoms with E-state index < -0.39 is 23.3 Å². The average molecular weight is 657 g/mol. The number of amides is 1. The van der Waals surface area contributed by atoms with Crippen LogP contribution in [0.15, 0.2) is 18.2 Å². The first-order valence-electron chi connectivity index (χ1n) is 15.4. The number of anilines is 1. The first-order chi connectivity index (χ1) is 21.8. The van der Waals surface area contributed by atoms with Crippen molar-refractivity contribution in [2.45, 2.75) is 59.2 Å². The lowest BCUT2D eigenvalue weighted by Crippen LogP contribution is -2.59. The summed E-state index contributed by atoms with van der Waals surface area (Å²) in [5.74, 6) is -1.21. The van der Waals surface area contributed by atoms with Crippen LogP contribution in [0.25, 0.3) is 22.0 Å². The average Bonchev–Trinajstić information content (AvgIpc) is 2.99. The molecule has 3 aromatic rings. The molecule has 46 heavy (non-hydrogen) atoms. The summed E-state index contributed by atoms with van der Waals surface area (Å²) in [7, 11) is 0. The monoisotopic (exact) mass is 656 g/mol.